The van der Waals surface area contributed by atoms with Crippen LogP contribution >= 0.6 is 0 Å². The van der Waals surface area contributed by atoms with Crippen LogP contribution < -0.4 is 14.8 Å². The van der Waals surface area contributed by atoms with Crippen LogP contribution in [0, 0.1) is 0 Å². The second-order valence-corrected chi connectivity index (χ2v) is 8.82. The Morgan fingerprint density at radius 2 is 1.86 bits per heavy atom. The van der Waals surface area contributed by atoms with E-state index < -0.39 is 34.2 Å². The van der Waals surface area contributed by atoms with E-state index in [0.717, 1.165) is 10.3 Å². The number of nitrogens with zero attached hydrogens (tertiary/aromatic N) is 2. The number of fused-ring (bicyclic) bond motifs is 1. The van der Waals surface area contributed by atoms with Gasteiger partial charge < -0.3 is 14.8 Å². The van der Waals surface area contributed by atoms with Crippen LogP contribution in [0.15, 0.2) is 36.4 Å². The highest BCUT2D eigenvalue weighted by molar-refractivity contribution is 7.71. The summed E-state index contributed by atoms with van der Waals surface area (Å²) in [6, 6.07) is 7.46. The summed E-state index contributed by atoms with van der Waals surface area (Å²) in [5, 5.41) is 3.57. The standard InChI is InChI=1S/C24H27N3O7S/c1-6-34-20-12-15(10-11-19(20)33-5)18(13-35(31)32)27-23(29)16-8-7-9-17(21(16)24(27)30)25-22(28)14(2)26(3)4/h7-14,18H,6H2,1-5H3,(H,25,28). The molecule has 0 spiro atoms. The molecule has 0 saturated carbocycles. The maximum atomic E-state index is 13.5. The monoisotopic (exact) mass is 501 g/mol. The summed E-state index contributed by atoms with van der Waals surface area (Å²) in [7, 11) is 2.25. The quantitative estimate of drug-likeness (QED) is 0.409. The Kier molecular flexibility index (Phi) is 7.92. The molecule has 186 valence electrons. The normalized spacial score (nSPS) is 14.4. The van der Waals surface area contributed by atoms with Crippen molar-refractivity contribution < 1.29 is 32.3 Å². The topological polar surface area (TPSA) is 122 Å². The first kappa shape index (κ1) is 25.9. The van der Waals surface area contributed by atoms with Crippen molar-refractivity contribution >= 4 is 39.1 Å². The molecule has 2 aromatic carbocycles. The molecule has 2 atom stereocenters. The highest BCUT2D eigenvalue weighted by Crippen LogP contribution is 2.37. The van der Waals surface area contributed by atoms with Crippen molar-refractivity contribution in [2.75, 3.05) is 33.1 Å². The van der Waals surface area contributed by atoms with Crippen LogP contribution in [-0.4, -0.2) is 75.2 Å². The summed E-state index contributed by atoms with van der Waals surface area (Å²) in [6.07, 6.45) is 0. The van der Waals surface area contributed by atoms with Gasteiger partial charge in [0, 0.05) is 0 Å². The Hall–Kier alpha value is -3.70. The van der Waals surface area contributed by atoms with Gasteiger partial charge in [0.2, 0.25) is 16.2 Å². The molecule has 0 fully saturated rings. The van der Waals surface area contributed by atoms with E-state index in [9.17, 15) is 22.8 Å². The van der Waals surface area contributed by atoms with Gasteiger partial charge in [0.1, 0.15) is 0 Å². The number of hydrogen-bond donors (Lipinski definition) is 1. The molecule has 1 aliphatic heterocycles. The number of methoxy groups -OCH3 is 1. The van der Waals surface area contributed by atoms with E-state index in [0.29, 0.717) is 23.7 Å². The number of likely N-dealkylation sites (N-methyl/N-ethyl adjacent to an activating group) is 1. The van der Waals surface area contributed by atoms with Crippen molar-refractivity contribution in [2.45, 2.75) is 25.9 Å². The fourth-order valence-corrected chi connectivity index (χ4v) is 4.16. The number of carbonyl (C=O) groups is 3. The lowest BCUT2D eigenvalue weighted by atomic mass is 10.1. The molecule has 10 nitrogen and oxygen atoms in total. The number of amides is 3. The Bertz CT molecular complexity index is 1300. The van der Waals surface area contributed by atoms with E-state index in [1.165, 1.54) is 25.3 Å². The summed E-state index contributed by atoms with van der Waals surface area (Å²) in [5.41, 5.74) is 0.581. The number of rotatable bonds is 9. The first-order valence-electron chi connectivity index (χ1n) is 10.8. The zero-order valence-electron chi connectivity index (χ0n) is 20.1. The largest absolute Gasteiger partial charge is 0.493 e. The van der Waals surface area contributed by atoms with Gasteiger partial charge in [-0.05, 0) is 57.8 Å². The molecule has 0 aromatic heterocycles. The van der Waals surface area contributed by atoms with Gasteiger partial charge in [-0.2, -0.15) is 8.42 Å². The van der Waals surface area contributed by atoms with E-state index in [4.69, 9.17) is 9.47 Å². The number of imide groups is 1. The van der Waals surface area contributed by atoms with Gasteiger partial charge in [-0.1, -0.05) is 12.1 Å². The van der Waals surface area contributed by atoms with Gasteiger partial charge in [-0.25, -0.2) is 0 Å². The molecule has 0 radical (unpaired) electrons. The molecular formula is C24H27N3O7S. The van der Waals surface area contributed by atoms with Gasteiger partial charge in [0.25, 0.3) is 11.8 Å². The van der Waals surface area contributed by atoms with Crippen molar-refractivity contribution in [3.8, 4) is 11.5 Å². The molecule has 1 N–H and O–H groups in total. The van der Waals surface area contributed by atoms with Gasteiger partial charge in [0.05, 0.1) is 48.0 Å². The SMILES string of the molecule is CCOc1cc(C(C=S(=O)=O)N2C(=O)c3cccc(NC(=O)C(C)N(C)C)c3C2=O)ccc1OC. The third-order valence-corrected chi connectivity index (χ3v) is 6.19. The number of benzene rings is 2. The fraction of sp³-hybridized carbons (Fsp3) is 0.333. The van der Waals surface area contributed by atoms with E-state index in [1.807, 2.05) is 0 Å². The zero-order valence-corrected chi connectivity index (χ0v) is 20.9. The first-order chi connectivity index (χ1) is 16.6. The second kappa shape index (κ2) is 10.7. The molecule has 0 saturated heterocycles. The summed E-state index contributed by atoms with van der Waals surface area (Å²) < 4.78 is 34.2. The maximum Gasteiger partial charge on any atom is 0.264 e. The van der Waals surface area contributed by atoms with E-state index in [1.54, 1.807) is 51.0 Å². The minimum absolute atomic E-state index is 0.00503. The molecule has 1 heterocycles. The molecule has 1 aliphatic rings. The van der Waals surface area contributed by atoms with Crippen LogP contribution in [0.4, 0.5) is 5.69 Å². The van der Waals surface area contributed by atoms with Crippen LogP contribution in [0.5, 0.6) is 11.5 Å². The van der Waals surface area contributed by atoms with Crippen LogP contribution in [-0.2, 0) is 15.1 Å². The van der Waals surface area contributed by atoms with E-state index in [2.05, 4.69) is 5.32 Å². The van der Waals surface area contributed by atoms with Crippen molar-refractivity contribution in [3.63, 3.8) is 0 Å². The van der Waals surface area contributed by atoms with Gasteiger partial charge >= 0.3 is 0 Å². The lowest BCUT2D eigenvalue weighted by Crippen LogP contribution is -2.37. The molecular weight excluding hydrogens is 474 g/mol. The zero-order chi connectivity index (χ0) is 25.9. The summed E-state index contributed by atoms with van der Waals surface area (Å²) in [6.45, 7) is 3.80. The number of hydrogen-bond acceptors (Lipinski definition) is 8. The first-order valence-corrected chi connectivity index (χ1v) is 12.0. The molecule has 3 amide bonds. The average molecular weight is 502 g/mol. The summed E-state index contributed by atoms with van der Waals surface area (Å²) in [4.78, 5) is 42.0. The van der Waals surface area contributed by atoms with Crippen molar-refractivity contribution in [3.05, 3.63) is 53.1 Å². The lowest BCUT2D eigenvalue weighted by molar-refractivity contribution is -0.119. The third-order valence-electron chi connectivity index (χ3n) is 5.71. The molecule has 2 unspecified atom stereocenters. The van der Waals surface area contributed by atoms with Gasteiger partial charge in [0.15, 0.2) is 11.5 Å². The highest BCUT2D eigenvalue weighted by Gasteiger charge is 2.42. The minimum atomic E-state index is -2.70. The summed E-state index contributed by atoms with van der Waals surface area (Å²) >= 11 is 0. The highest BCUT2D eigenvalue weighted by atomic mass is 32.2. The van der Waals surface area contributed by atoms with Crippen LogP contribution in [0.2, 0.25) is 0 Å². The fourth-order valence-electron chi connectivity index (χ4n) is 3.67. The Morgan fingerprint density at radius 3 is 2.46 bits per heavy atom. The van der Waals surface area contributed by atoms with Crippen molar-refractivity contribution in [1.29, 1.82) is 0 Å². The van der Waals surface area contributed by atoms with E-state index in [-0.39, 0.29) is 22.7 Å². The van der Waals surface area contributed by atoms with Crippen molar-refractivity contribution in [1.82, 2.24) is 9.80 Å². The second-order valence-electron chi connectivity index (χ2n) is 8.02. The van der Waals surface area contributed by atoms with Crippen molar-refractivity contribution in [2.24, 2.45) is 0 Å². The predicted octanol–water partition coefficient (Wildman–Crippen LogP) is 2.00. The maximum absolute atomic E-state index is 13.5. The Morgan fingerprint density at radius 1 is 1.14 bits per heavy atom. The number of carbonyl (C=O) groups excluding carboxylic acids is 3. The van der Waals surface area contributed by atoms with Crippen LogP contribution in [0.25, 0.3) is 0 Å². The predicted molar refractivity (Wildman–Crippen MR) is 131 cm³/mol. The molecule has 0 aliphatic carbocycles. The molecule has 3 rings (SSSR count). The van der Waals surface area contributed by atoms with E-state index >= 15 is 0 Å². The number of anilines is 1. The molecule has 0 bridgehead atoms. The Balaban J connectivity index is 2.08. The third kappa shape index (κ3) is 5.20. The van der Waals surface area contributed by atoms with Crippen LogP contribution in [0.1, 0.15) is 46.2 Å². The average Bonchev–Trinajstić information content (AvgIpc) is 3.07. The smallest absolute Gasteiger partial charge is 0.264 e. The number of ether oxygens (including phenoxy) is 2. The lowest BCUT2D eigenvalue weighted by Gasteiger charge is -2.24. The van der Waals surface area contributed by atoms with Gasteiger partial charge in [-0.3, -0.25) is 24.2 Å². The Labute approximate surface area is 205 Å². The molecule has 11 heteroatoms. The molecule has 2 aromatic rings. The molecule has 35 heavy (non-hydrogen) atoms. The summed E-state index contributed by atoms with van der Waals surface area (Å²) in [5.74, 6) is -1.01. The number of nitrogens with one attached hydrogen (secondary N) is 1. The minimum Gasteiger partial charge on any atom is -0.493 e. The van der Waals surface area contributed by atoms with Crippen LogP contribution in [0.3, 0.4) is 0 Å². The van der Waals surface area contributed by atoms with Gasteiger partial charge in [-0.15, -0.1) is 0 Å².